The molecular formula is C14H19N3OS. The van der Waals surface area contributed by atoms with Gasteiger partial charge in [0.2, 0.25) is 0 Å². The van der Waals surface area contributed by atoms with Crippen LogP contribution in [-0.4, -0.2) is 20.9 Å². The third kappa shape index (κ3) is 3.04. The maximum Gasteiger partial charge on any atom is 0.199 e. The molecule has 1 heterocycles. The molecule has 1 aromatic carbocycles. The highest BCUT2D eigenvalue weighted by molar-refractivity contribution is 7.71. The van der Waals surface area contributed by atoms with E-state index in [1.54, 1.807) is 0 Å². The molecule has 5 heteroatoms. The monoisotopic (exact) mass is 277 g/mol. The Bertz CT molecular complexity index is 603. The van der Waals surface area contributed by atoms with Crippen LogP contribution in [0.4, 0.5) is 0 Å². The number of benzene rings is 1. The lowest BCUT2D eigenvalue weighted by Crippen LogP contribution is -2.10. The van der Waals surface area contributed by atoms with Crippen LogP contribution < -0.4 is 4.74 Å². The van der Waals surface area contributed by atoms with Crippen molar-refractivity contribution in [1.82, 2.24) is 14.8 Å². The van der Waals surface area contributed by atoms with Gasteiger partial charge in [-0.1, -0.05) is 19.9 Å². The summed E-state index contributed by atoms with van der Waals surface area (Å²) in [6.07, 6.45) is 2.01. The fourth-order valence-electron chi connectivity index (χ4n) is 1.84. The third-order valence-corrected chi connectivity index (χ3v) is 3.32. The van der Waals surface area contributed by atoms with E-state index in [2.05, 4.69) is 31.0 Å². The molecule has 4 nitrogen and oxygen atoms in total. The van der Waals surface area contributed by atoms with Crippen molar-refractivity contribution in [3.05, 3.63) is 34.9 Å². The van der Waals surface area contributed by atoms with Crippen molar-refractivity contribution < 1.29 is 4.74 Å². The highest BCUT2D eigenvalue weighted by Crippen LogP contribution is 2.20. The fraction of sp³-hybridized carbons (Fsp3) is 0.429. The number of nitrogens with one attached hydrogen (secondary N) is 1. The van der Waals surface area contributed by atoms with Crippen LogP contribution in [0.25, 0.3) is 5.69 Å². The first-order chi connectivity index (χ1) is 9.15. The Morgan fingerprint density at radius 1 is 1.42 bits per heavy atom. The zero-order chi connectivity index (χ0) is 13.8. The van der Waals surface area contributed by atoms with Crippen LogP contribution in [0.15, 0.2) is 24.3 Å². The molecule has 1 aromatic heterocycles. The van der Waals surface area contributed by atoms with Crippen LogP contribution in [-0.2, 0) is 6.42 Å². The number of aryl methyl sites for hydroxylation is 1. The topological polar surface area (TPSA) is 42.8 Å². The fourth-order valence-corrected chi connectivity index (χ4v) is 2.10. The third-order valence-electron chi connectivity index (χ3n) is 3.05. The molecular weight excluding hydrogens is 258 g/mol. The number of nitrogens with zero attached hydrogens (tertiary/aromatic N) is 2. The van der Waals surface area contributed by atoms with Gasteiger partial charge in [-0.25, -0.2) is 0 Å². The first-order valence-corrected chi connectivity index (χ1v) is 6.99. The average molecular weight is 277 g/mol. The van der Waals surface area contributed by atoms with Gasteiger partial charge in [0, 0.05) is 12.5 Å². The summed E-state index contributed by atoms with van der Waals surface area (Å²) in [5, 5.41) is 7.06. The van der Waals surface area contributed by atoms with E-state index in [9.17, 15) is 0 Å². The molecule has 1 unspecified atom stereocenters. The molecule has 1 N–H and O–H groups in total. The minimum Gasteiger partial charge on any atom is -0.491 e. The quantitative estimate of drug-likeness (QED) is 0.848. The van der Waals surface area contributed by atoms with Crippen molar-refractivity contribution in [2.45, 2.75) is 39.7 Å². The van der Waals surface area contributed by atoms with Gasteiger partial charge in [0.15, 0.2) is 4.77 Å². The Hall–Kier alpha value is -1.62. The summed E-state index contributed by atoms with van der Waals surface area (Å²) in [5.74, 6) is 1.78. The molecule has 0 aliphatic carbocycles. The lowest BCUT2D eigenvalue weighted by molar-refractivity contribution is 0.217. The second kappa shape index (κ2) is 6.02. The summed E-state index contributed by atoms with van der Waals surface area (Å²) >= 11 is 5.28. The smallest absolute Gasteiger partial charge is 0.199 e. The zero-order valence-corrected chi connectivity index (χ0v) is 12.3. The first kappa shape index (κ1) is 13.8. The molecule has 0 spiro atoms. The minimum absolute atomic E-state index is 0.207. The van der Waals surface area contributed by atoms with Crippen molar-refractivity contribution in [1.29, 1.82) is 0 Å². The number of H-pyrrole nitrogens is 1. The van der Waals surface area contributed by atoms with Crippen LogP contribution in [0.1, 0.15) is 33.0 Å². The lowest BCUT2D eigenvalue weighted by Gasteiger charge is -2.14. The maximum atomic E-state index is 5.84. The van der Waals surface area contributed by atoms with Crippen LogP contribution >= 0.6 is 12.2 Å². The Morgan fingerprint density at radius 3 is 2.89 bits per heavy atom. The largest absolute Gasteiger partial charge is 0.491 e. The molecule has 0 saturated heterocycles. The van der Waals surface area contributed by atoms with Gasteiger partial charge in [-0.15, -0.1) is 0 Å². The molecule has 0 bridgehead atoms. The molecule has 0 saturated carbocycles. The number of aromatic amines is 1. The van der Waals surface area contributed by atoms with Gasteiger partial charge in [0.05, 0.1) is 11.8 Å². The summed E-state index contributed by atoms with van der Waals surface area (Å²) in [4.78, 5) is 0. The predicted molar refractivity (Wildman–Crippen MR) is 78.5 cm³/mol. The summed E-state index contributed by atoms with van der Waals surface area (Å²) in [6, 6.07) is 7.94. The average Bonchev–Trinajstić information content (AvgIpc) is 2.80. The van der Waals surface area contributed by atoms with Crippen molar-refractivity contribution in [3.8, 4) is 11.4 Å². The van der Waals surface area contributed by atoms with E-state index in [0.29, 0.717) is 4.77 Å². The van der Waals surface area contributed by atoms with Crippen molar-refractivity contribution in [3.63, 3.8) is 0 Å². The second-order valence-electron chi connectivity index (χ2n) is 4.47. The molecule has 0 fully saturated rings. The number of hydrogen-bond donors (Lipinski definition) is 1. The summed E-state index contributed by atoms with van der Waals surface area (Å²) < 4.78 is 8.39. The van der Waals surface area contributed by atoms with Crippen molar-refractivity contribution in [2.24, 2.45) is 0 Å². The predicted octanol–water partition coefficient (Wildman–Crippen LogP) is 3.67. The molecule has 19 heavy (non-hydrogen) atoms. The molecule has 0 amide bonds. The van der Waals surface area contributed by atoms with Gasteiger partial charge in [-0.2, -0.15) is 5.10 Å². The van der Waals surface area contributed by atoms with Gasteiger partial charge in [0.25, 0.3) is 0 Å². The number of rotatable bonds is 5. The van der Waals surface area contributed by atoms with E-state index in [1.807, 2.05) is 28.8 Å². The molecule has 2 rings (SSSR count). The molecule has 102 valence electrons. The van der Waals surface area contributed by atoms with Gasteiger partial charge >= 0.3 is 0 Å². The van der Waals surface area contributed by atoms with Gasteiger partial charge in [-0.05, 0) is 37.7 Å². The highest BCUT2D eigenvalue weighted by Gasteiger charge is 2.08. The maximum absolute atomic E-state index is 5.84. The summed E-state index contributed by atoms with van der Waals surface area (Å²) in [7, 11) is 0. The van der Waals surface area contributed by atoms with E-state index < -0.39 is 0 Å². The SMILES string of the molecule is CCc1n[nH]c(=S)n1-c1cccc(OC(C)CC)c1. The molecule has 0 aliphatic heterocycles. The molecule has 0 aliphatic rings. The number of ether oxygens (including phenoxy) is 1. The molecule has 2 aromatic rings. The van der Waals surface area contributed by atoms with Crippen molar-refractivity contribution >= 4 is 12.2 Å². The Labute approximate surface area is 118 Å². The van der Waals surface area contributed by atoms with Crippen LogP contribution in [0, 0.1) is 4.77 Å². The van der Waals surface area contributed by atoms with Crippen LogP contribution in [0.5, 0.6) is 5.75 Å². The highest BCUT2D eigenvalue weighted by atomic mass is 32.1. The van der Waals surface area contributed by atoms with Crippen molar-refractivity contribution in [2.75, 3.05) is 0 Å². The van der Waals surface area contributed by atoms with E-state index in [0.717, 1.165) is 30.1 Å². The van der Waals surface area contributed by atoms with Crippen LogP contribution in [0.3, 0.4) is 0 Å². The summed E-state index contributed by atoms with van der Waals surface area (Å²) in [6.45, 7) is 6.23. The van der Waals surface area contributed by atoms with E-state index in [1.165, 1.54) is 0 Å². The molecule has 1 atom stereocenters. The normalized spacial score (nSPS) is 12.4. The minimum atomic E-state index is 0.207. The van der Waals surface area contributed by atoms with Crippen LogP contribution in [0.2, 0.25) is 0 Å². The van der Waals surface area contributed by atoms with E-state index >= 15 is 0 Å². The summed E-state index contributed by atoms with van der Waals surface area (Å²) in [5.41, 5.74) is 0.983. The second-order valence-corrected chi connectivity index (χ2v) is 4.85. The van der Waals surface area contributed by atoms with Gasteiger partial charge in [0.1, 0.15) is 11.6 Å². The van der Waals surface area contributed by atoms with Gasteiger partial charge in [-0.3, -0.25) is 9.67 Å². The first-order valence-electron chi connectivity index (χ1n) is 6.59. The van der Waals surface area contributed by atoms with E-state index in [4.69, 9.17) is 17.0 Å². The zero-order valence-electron chi connectivity index (χ0n) is 11.5. The molecule has 0 radical (unpaired) electrons. The Morgan fingerprint density at radius 2 is 2.21 bits per heavy atom. The lowest BCUT2D eigenvalue weighted by atomic mass is 10.2. The van der Waals surface area contributed by atoms with E-state index in [-0.39, 0.29) is 6.10 Å². The number of hydrogen-bond acceptors (Lipinski definition) is 3. The van der Waals surface area contributed by atoms with Gasteiger partial charge < -0.3 is 4.74 Å². The Balaban J connectivity index is 2.38. The number of aromatic nitrogens is 3. The Kier molecular flexibility index (Phi) is 4.37. The standard InChI is InChI=1S/C14H19N3OS/c1-4-10(3)18-12-8-6-7-11(9-12)17-13(5-2)15-16-14(17)19/h6-10H,4-5H2,1-3H3,(H,16,19).